The number of hydrogen-bond acceptors (Lipinski definition) is 7. The maximum Gasteiger partial charge on any atom is 0.253 e. The maximum absolute atomic E-state index is 13.4. The lowest BCUT2D eigenvalue weighted by Crippen LogP contribution is -2.35. The Morgan fingerprint density at radius 1 is 0.722 bits per heavy atom. The fourth-order valence-electron chi connectivity index (χ4n) is 8.10. The van der Waals surface area contributed by atoms with E-state index in [4.69, 9.17) is 21.2 Å². The number of nitrogens with zero attached hydrogens (tertiary/aromatic N) is 4. The largest absolute Gasteiger partial charge is 0.383 e. The standard InChI is InChI=1S/C46H62N6O2/c1-4-5-7-11-40-29-43(34(3)49-44(40)47)28-36-17-19-39(20-18-36)46(53)52-22-21-37(32-52)10-8-6-9-12-41-30-42(33(2)50-45(41)48)27-35-13-15-38(16-14-35)31-51-23-25-54-26-24-51/h13-20,29-30,37H,4-12,21-28,31-32H2,1-3H3,(H2,47,49)(H2,48,50). The number of carbonyl (C=O) groups excluding carboxylic acids is 1. The lowest BCUT2D eigenvalue weighted by atomic mass is 9.97. The van der Waals surface area contributed by atoms with Gasteiger partial charge in [-0.05, 0) is 122 Å². The summed E-state index contributed by atoms with van der Waals surface area (Å²) >= 11 is 0. The third-order valence-corrected chi connectivity index (χ3v) is 11.6. The summed E-state index contributed by atoms with van der Waals surface area (Å²) < 4.78 is 5.49. The van der Waals surface area contributed by atoms with E-state index in [0.29, 0.717) is 17.6 Å². The number of nitrogens with two attached hydrogens (primary N) is 2. The smallest absolute Gasteiger partial charge is 0.253 e. The maximum atomic E-state index is 13.4. The molecule has 288 valence electrons. The summed E-state index contributed by atoms with van der Waals surface area (Å²) in [6.45, 7) is 12.6. The molecule has 2 aliphatic rings. The van der Waals surface area contributed by atoms with Gasteiger partial charge in [-0.3, -0.25) is 9.69 Å². The number of anilines is 2. The van der Waals surface area contributed by atoms with Gasteiger partial charge in [0.15, 0.2) is 0 Å². The van der Waals surface area contributed by atoms with E-state index in [0.717, 1.165) is 132 Å². The quantitative estimate of drug-likeness (QED) is 0.105. The van der Waals surface area contributed by atoms with Gasteiger partial charge in [-0.1, -0.05) is 81.1 Å². The summed E-state index contributed by atoms with van der Waals surface area (Å²) in [6.07, 6.45) is 12.8. The Morgan fingerprint density at radius 3 is 1.87 bits per heavy atom. The molecule has 2 aliphatic heterocycles. The summed E-state index contributed by atoms with van der Waals surface area (Å²) in [7, 11) is 0. The monoisotopic (exact) mass is 730 g/mol. The van der Waals surface area contributed by atoms with Crippen molar-refractivity contribution in [2.75, 3.05) is 50.9 Å². The molecule has 0 radical (unpaired) electrons. The van der Waals surface area contributed by atoms with Crippen LogP contribution in [0, 0.1) is 19.8 Å². The fraction of sp³-hybridized carbons (Fsp3) is 0.500. The number of aryl methyl sites for hydroxylation is 4. The van der Waals surface area contributed by atoms with Crippen LogP contribution >= 0.6 is 0 Å². The molecule has 0 saturated carbocycles. The number of likely N-dealkylation sites (tertiary alicyclic amines) is 1. The van der Waals surface area contributed by atoms with E-state index in [2.05, 4.69) is 72.3 Å². The van der Waals surface area contributed by atoms with Crippen molar-refractivity contribution in [3.8, 4) is 0 Å². The van der Waals surface area contributed by atoms with Crippen molar-refractivity contribution in [3.63, 3.8) is 0 Å². The second-order valence-electron chi connectivity index (χ2n) is 15.8. The molecule has 1 atom stereocenters. The number of hydrogen-bond donors (Lipinski definition) is 2. The number of nitrogen functional groups attached to an aromatic ring is 2. The fourth-order valence-corrected chi connectivity index (χ4v) is 8.10. The lowest BCUT2D eigenvalue weighted by molar-refractivity contribution is 0.0342. The van der Waals surface area contributed by atoms with Crippen LogP contribution in [0.4, 0.5) is 11.6 Å². The average Bonchev–Trinajstić information content (AvgIpc) is 3.65. The normalized spacial score (nSPS) is 16.3. The summed E-state index contributed by atoms with van der Waals surface area (Å²) in [5.74, 6) is 2.04. The van der Waals surface area contributed by atoms with E-state index in [1.165, 1.54) is 47.1 Å². The van der Waals surface area contributed by atoms with Crippen LogP contribution in [0.2, 0.25) is 0 Å². The minimum Gasteiger partial charge on any atom is -0.383 e. The van der Waals surface area contributed by atoms with E-state index in [1.807, 2.05) is 24.0 Å². The van der Waals surface area contributed by atoms with E-state index in [1.54, 1.807) is 0 Å². The molecule has 2 saturated heterocycles. The molecule has 0 spiro atoms. The Morgan fingerprint density at radius 2 is 1.28 bits per heavy atom. The van der Waals surface area contributed by atoms with Gasteiger partial charge in [0.2, 0.25) is 0 Å². The van der Waals surface area contributed by atoms with Crippen LogP contribution in [0.5, 0.6) is 0 Å². The SMILES string of the molecule is CCCCCc1cc(Cc2ccc(C(=O)N3CCC(CCCCCc4cc(Cc5ccc(CN6CCOCC6)cc5)c(C)nc4N)C3)cc2)c(C)nc1N. The van der Waals surface area contributed by atoms with Crippen LogP contribution in [-0.4, -0.2) is 65.1 Å². The number of amides is 1. The molecule has 8 nitrogen and oxygen atoms in total. The van der Waals surface area contributed by atoms with E-state index in [9.17, 15) is 4.79 Å². The van der Waals surface area contributed by atoms with Crippen LogP contribution in [0.25, 0.3) is 0 Å². The number of pyridine rings is 2. The summed E-state index contributed by atoms with van der Waals surface area (Å²) in [6, 6.07) is 21.7. The van der Waals surface area contributed by atoms with E-state index in [-0.39, 0.29) is 5.91 Å². The Balaban J connectivity index is 0.921. The molecule has 0 aliphatic carbocycles. The van der Waals surface area contributed by atoms with Gasteiger partial charge in [0.1, 0.15) is 11.6 Å². The molecule has 54 heavy (non-hydrogen) atoms. The van der Waals surface area contributed by atoms with Crippen LogP contribution in [0.1, 0.15) is 119 Å². The van der Waals surface area contributed by atoms with Crippen molar-refractivity contribution in [1.29, 1.82) is 0 Å². The first-order valence-electron chi connectivity index (χ1n) is 20.5. The van der Waals surface area contributed by atoms with E-state index >= 15 is 0 Å². The molecule has 4 N–H and O–H groups in total. The highest BCUT2D eigenvalue weighted by molar-refractivity contribution is 5.94. The van der Waals surface area contributed by atoms with Crippen molar-refractivity contribution in [2.24, 2.45) is 5.92 Å². The number of unbranched alkanes of at least 4 members (excludes halogenated alkanes) is 4. The third-order valence-electron chi connectivity index (χ3n) is 11.6. The van der Waals surface area contributed by atoms with Crippen molar-refractivity contribution in [2.45, 2.75) is 104 Å². The Bertz CT molecular complexity index is 1820. The predicted octanol–water partition coefficient (Wildman–Crippen LogP) is 8.27. The van der Waals surface area contributed by atoms with Crippen molar-refractivity contribution >= 4 is 17.5 Å². The van der Waals surface area contributed by atoms with Crippen molar-refractivity contribution < 1.29 is 9.53 Å². The number of ether oxygens (including phenoxy) is 1. The van der Waals surface area contributed by atoms with E-state index < -0.39 is 0 Å². The van der Waals surface area contributed by atoms with Gasteiger partial charge in [0.25, 0.3) is 5.91 Å². The number of carbonyl (C=O) groups is 1. The molecule has 0 bridgehead atoms. The van der Waals surface area contributed by atoms with Crippen LogP contribution in [0.3, 0.4) is 0 Å². The highest BCUT2D eigenvalue weighted by atomic mass is 16.5. The first-order chi connectivity index (χ1) is 26.2. The molecule has 8 heteroatoms. The highest BCUT2D eigenvalue weighted by Crippen LogP contribution is 2.26. The predicted molar refractivity (Wildman–Crippen MR) is 221 cm³/mol. The average molecular weight is 731 g/mol. The molecule has 2 aromatic heterocycles. The minimum atomic E-state index is 0.148. The minimum absolute atomic E-state index is 0.148. The van der Waals surface area contributed by atoms with Gasteiger partial charge in [0, 0.05) is 49.7 Å². The van der Waals surface area contributed by atoms with Crippen LogP contribution in [-0.2, 0) is 37.0 Å². The molecule has 1 unspecified atom stereocenters. The number of morpholine rings is 1. The van der Waals surface area contributed by atoms with Gasteiger partial charge >= 0.3 is 0 Å². The molecular weight excluding hydrogens is 669 g/mol. The topological polar surface area (TPSA) is 111 Å². The number of benzene rings is 2. The van der Waals surface area contributed by atoms with Crippen LogP contribution in [0.15, 0.2) is 60.7 Å². The molecule has 2 fully saturated rings. The zero-order chi connectivity index (χ0) is 37.9. The molecule has 6 rings (SSSR count). The molecule has 2 aromatic carbocycles. The Hall–Kier alpha value is -4.27. The highest BCUT2D eigenvalue weighted by Gasteiger charge is 2.26. The van der Waals surface area contributed by atoms with Crippen molar-refractivity contribution in [1.82, 2.24) is 19.8 Å². The summed E-state index contributed by atoms with van der Waals surface area (Å²) in [5, 5.41) is 0. The number of rotatable bonds is 17. The molecular formula is C46H62N6O2. The first-order valence-corrected chi connectivity index (χ1v) is 20.5. The molecule has 1 amide bonds. The zero-order valence-electron chi connectivity index (χ0n) is 33.0. The lowest BCUT2D eigenvalue weighted by Gasteiger charge is -2.26. The van der Waals surface area contributed by atoms with Gasteiger partial charge in [0.05, 0.1) is 13.2 Å². The second kappa shape index (κ2) is 19.4. The van der Waals surface area contributed by atoms with Gasteiger partial charge < -0.3 is 21.1 Å². The summed E-state index contributed by atoms with van der Waals surface area (Å²) in [5.41, 5.74) is 24.0. The van der Waals surface area contributed by atoms with Gasteiger partial charge in [-0.15, -0.1) is 0 Å². The molecule has 4 heterocycles. The second-order valence-corrected chi connectivity index (χ2v) is 15.8. The first kappa shape index (κ1) is 39.4. The number of aromatic nitrogens is 2. The molecule has 4 aromatic rings. The van der Waals surface area contributed by atoms with Crippen molar-refractivity contribution in [3.05, 3.63) is 117 Å². The summed E-state index contributed by atoms with van der Waals surface area (Å²) in [4.78, 5) is 27.3. The Labute approximate surface area is 323 Å². The third kappa shape index (κ3) is 10.9. The zero-order valence-corrected chi connectivity index (χ0v) is 33.0. The van der Waals surface area contributed by atoms with Gasteiger partial charge in [-0.25, -0.2) is 9.97 Å². The van der Waals surface area contributed by atoms with Crippen LogP contribution < -0.4 is 11.5 Å². The van der Waals surface area contributed by atoms with Gasteiger partial charge in [-0.2, -0.15) is 0 Å². The Kier molecular flexibility index (Phi) is 14.1.